The summed E-state index contributed by atoms with van der Waals surface area (Å²) in [7, 11) is 0. The molecule has 1 aliphatic carbocycles. The van der Waals surface area contributed by atoms with Crippen LogP contribution in [0.2, 0.25) is 0 Å². The van der Waals surface area contributed by atoms with E-state index in [1.165, 1.54) is 0 Å². The van der Waals surface area contributed by atoms with Gasteiger partial charge in [-0.15, -0.1) is 0 Å². The summed E-state index contributed by atoms with van der Waals surface area (Å²) >= 11 is 0. The van der Waals surface area contributed by atoms with Crippen LogP contribution in [0, 0.1) is 17.8 Å². The Hall–Kier alpha value is -1.08. The lowest BCUT2D eigenvalue weighted by Gasteiger charge is -2.20. The summed E-state index contributed by atoms with van der Waals surface area (Å²) in [6.45, 7) is 7.50. The molecule has 1 aliphatic heterocycles. The summed E-state index contributed by atoms with van der Waals surface area (Å²) in [6, 6.07) is 0.284. The highest BCUT2D eigenvalue weighted by Gasteiger charge is 2.81. The Morgan fingerprint density at radius 3 is 2.68 bits per heavy atom. The Labute approximate surface area is 128 Å². The predicted molar refractivity (Wildman–Crippen MR) is 77.5 cm³/mol. The second kappa shape index (κ2) is 4.96. The molecule has 3 rings (SSSR count). The Balaban J connectivity index is 1.61. The van der Waals surface area contributed by atoms with Crippen LogP contribution in [-0.2, 0) is 6.54 Å². The quantitative estimate of drug-likeness (QED) is 0.876. The van der Waals surface area contributed by atoms with Gasteiger partial charge in [-0.25, -0.2) is 0 Å². The van der Waals surface area contributed by atoms with Crippen LogP contribution in [0.1, 0.15) is 37.6 Å². The minimum absolute atomic E-state index is 0.0580. The van der Waals surface area contributed by atoms with E-state index in [1.807, 2.05) is 17.8 Å². The van der Waals surface area contributed by atoms with Crippen molar-refractivity contribution in [3.05, 3.63) is 17.5 Å². The van der Waals surface area contributed by atoms with Gasteiger partial charge in [0.25, 0.3) is 0 Å². The molecule has 2 N–H and O–H groups in total. The molecule has 1 aromatic rings. The van der Waals surface area contributed by atoms with Crippen molar-refractivity contribution in [3.63, 3.8) is 0 Å². The number of nitrogens with one attached hydrogen (secondary N) is 2. The zero-order chi connectivity index (χ0) is 16.2. The second-order valence-corrected chi connectivity index (χ2v) is 7.06. The maximum atomic E-state index is 13.3. The van der Waals surface area contributed by atoms with Crippen molar-refractivity contribution >= 4 is 0 Å². The Bertz CT molecular complexity index is 566. The monoisotopic (exact) mass is 316 g/mol. The second-order valence-electron chi connectivity index (χ2n) is 7.06. The number of piperidine rings is 1. The van der Waals surface area contributed by atoms with Crippen molar-refractivity contribution in [2.45, 2.75) is 46.0 Å². The molecular formula is C15H23F3N4. The van der Waals surface area contributed by atoms with E-state index >= 15 is 0 Å². The minimum atomic E-state index is -4.11. The third-order valence-corrected chi connectivity index (χ3v) is 5.29. The van der Waals surface area contributed by atoms with E-state index in [4.69, 9.17) is 0 Å². The van der Waals surface area contributed by atoms with Gasteiger partial charge in [0.2, 0.25) is 0 Å². The number of nitrogens with zero attached hydrogens (tertiary/aromatic N) is 2. The lowest BCUT2D eigenvalue weighted by molar-refractivity contribution is -0.190. The van der Waals surface area contributed by atoms with Crippen LogP contribution >= 0.6 is 0 Å². The average Bonchev–Trinajstić information content (AvgIpc) is 2.73. The maximum absolute atomic E-state index is 13.3. The fourth-order valence-electron chi connectivity index (χ4n) is 3.72. The lowest BCUT2D eigenvalue weighted by Crippen LogP contribution is -2.35. The zero-order valence-electron chi connectivity index (χ0n) is 13.2. The first kappa shape index (κ1) is 15.8. The molecule has 0 unspecified atom stereocenters. The maximum Gasteiger partial charge on any atom is 0.396 e. The molecular weight excluding hydrogens is 293 g/mol. The summed E-state index contributed by atoms with van der Waals surface area (Å²) in [5, 5.41) is 10.6. The molecule has 22 heavy (non-hydrogen) atoms. The van der Waals surface area contributed by atoms with Crippen molar-refractivity contribution in [2.75, 3.05) is 19.6 Å². The highest BCUT2D eigenvalue weighted by Crippen LogP contribution is 2.72. The van der Waals surface area contributed by atoms with Gasteiger partial charge >= 0.3 is 6.18 Å². The fourth-order valence-corrected chi connectivity index (χ4v) is 3.72. The molecule has 4 nitrogen and oxygen atoms in total. The molecule has 2 aliphatic rings. The number of halogens is 3. The molecule has 0 aromatic carbocycles. The standard InChI is InChI=1S/C15H23F3N4/c1-10(2)22-5-12(11(3)21-22)4-19-7-13-6-14(13,9-20-8-13)15(16,17)18/h5,10,19-20H,4,6-9H2,1-3H3/t13-,14+/m0/s1. The van der Waals surface area contributed by atoms with Crippen LogP contribution in [0.15, 0.2) is 6.20 Å². The highest BCUT2D eigenvalue weighted by atomic mass is 19.4. The van der Waals surface area contributed by atoms with Gasteiger partial charge in [-0.1, -0.05) is 0 Å². The lowest BCUT2D eigenvalue weighted by atomic mass is 9.95. The molecule has 2 atom stereocenters. The first-order valence-corrected chi connectivity index (χ1v) is 7.74. The molecule has 0 bridgehead atoms. The topological polar surface area (TPSA) is 41.9 Å². The van der Waals surface area contributed by atoms with Gasteiger partial charge < -0.3 is 10.6 Å². The van der Waals surface area contributed by atoms with Gasteiger partial charge in [0.05, 0.1) is 11.1 Å². The van der Waals surface area contributed by atoms with Gasteiger partial charge in [0.15, 0.2) is 0 Å². The number of aromatic nitrogens is 2. The average molecular weight is 316 g/mol. The Morgan fingerprint density at radius 1 is 1.41 bits per heavy atom. The molecule has 2 fully saturated rings. The number of alkyl halides is 3. The smallest absolute Gasteiger partial charge is 0.315 e. The van der Waals surface area contributed by atoms with Crippen molar-refractivity contribution in [1.82, 2.24) is 20.4 Å². The van der Waals surface area contributed by atoms with Gasteiger partial charge in [-0.3, -0.25) is 4.68 Å². The first-order valence-electron chi connectivity index (χ1n) is 7.74. The molecule has 1 aromatic heterocycles. The number of rotatable bonds is 5. The number of aryl methyl sites for hydroxylation is 1. The van der Waals surface area contributed by atoms with E-state index in [0.29, 0.717) is 19.6 Å². The van der Waals surface area contributed by atoms with Gasteiger partial charge in [-0.2, -0.15) is 18.3 Å². The van der Waals surface area contributed by atoms with E-state index in [1.54, 1.807) is 0 Å². The molecule has 0 amide bonds. The third-order valence-electron chi connectivity index (χ3n) is 5.29. The third kappa shape index (κ3) is 2.25. The first-order chi connectivity index (χ1) is 10.2. The molecule has 2 heterocycles. The normalized spacial score (nSPS) is 30.9. The van der Waals surface area contributed by atoms with E-state index in [9.17, 15) is 13.2 Å². The van der Waals surface area contributed by atoms with E-state index < -0.39 is 17.0 Å². The van der Waals surface area contributed by atoms with Crippen LogP contribution in [-0.4, -0.2) is 35.6 Å². The predicted octanol–water partition coefficient (Wildman–Crippen LogP) is 2.40. The molecule has 7 heteroatoms. The van der Waals surface area contributed by atoms with Crippen LogP contribution in [0.4, 0.5) is 13.2 Å². The van der Waals surface area contributed by atoms with Crippen molar-refractivity contribution < 1.29 is 13.2 Å². The SMILES string of the molecule is Cc1nn(C(C)C)cc1CNC[C@@]12CNC[C@]1(C(F)(F)F)C2. The molecule has 0 spiro atoms. The molecule has 124 valence electrons. The van der Waals surface area contributed by atoms with Crippen molar-refractivity contribution in [3.8, 4) is 0 Å². The van der Waals surface area contributed by atoms with Crippen molar-refractivity contribution in [1.29, 1.82) is 0 Å². The Morgan fingerprint density at radius 2 is 2.14 bits per heavy atom. The van der Waals surface area contributed by atoms with Crippen LogP contribution in [0.25, 0.3) is 0 Å². The van der Waals surface area contributed by atoms with Crippen LogP contribution in [0.5, 0.6) is 0 Å². The van der Waals surface area contributed by atoms with Gasteiger partial charge in [0.1, 0.15) is 0 Å². The van der Waals surface area contributed by atoms with Crippen LogP contribution in [0.3, 0.4) is 0 Å². The summed E-state index contributed by atoms with van der Waals surface area (Å²) in [4.78, 5) is 0. The van der Waals surface area contributed by atoms with Gasteiger partial charge in [-0.05, 0) is 27.2 Å². The van der Waals surface area contributed by atoms with E-state index in [0.717, 1.165) is 11.3 Å². The molecule has 0 radical (unpaired) electrons. The summed E-state index contributed by atoms with van der Waals surface area (Å²) in [5.41, 5.74) is -0.187. The van der Waals surface area contributed by atoms with E-state index in [-0.39, 0.29) is 19.0 Å². The van der Waals surface area contributed by atoms with E-state index in [2.05, 4.69) is 29.6 Å². The van der Waals surface area contributed by atoms with Gasteiger partial charge in [0, 0.05) is 49.4 Å². The largest absolute Gasteiger partial charge is 0.396 e. The number of hydrogen-bond donors (Lipinski definition) is 2. The number of hydrogen-bond acceptors (Lipinski definition) is 3. The minimum Gasteiger partial charge on any atom is -0.315 e. The van der Waals surface area contributed by atoms with Crippen molar-refractivity contribution in [2.24, 2.45) is 10.8 Å². The van der Waals surface area contributed by atoms with Crippen LogP contribution < -0.4 is 10.6 Å². The molecule has 1 saturated heterocycles. The number of fused-ring (bicyclic) bond motifs is 1. The fraction of sp³-hybridized carbons (Fsp3) is 0.800. The summed E-state index contributed by atoms with van der Waals surface area (Å²) in [5.74, 6) is 0. The summed E-state index contributed by atoms with van der Waals surface area (Å²) in [6.07, 6.45) is -1.90. The highest BCUT2D eigenvalue weighted by molar-refractivity contribution is 5.25. The summed E-state index contributed by atoms with van der Waals surface area (Å²) < 4.78 is 41.7. The zero-order valence-corrected chi connectivity index (χ0v) is 13.2. The Kier molecular flexibility index (Phi) is 3.56. The molecule has 1 saturated carbocycles.